The van der Waals surface area contributed by atoms with E-state index in [1.54, 1.807) is 18.7 Å². The van der Waals surface area contributed by atoms with Crippen molar-refractivity contribution in [2.45, 2.75) is 6.92 Å². The maximum absolute atomic E-state index is 4.07. The Kier molecular flexibility index (Phi) is 2.31. The molecule has 5 nitrogen and oxygen atoms in total. The van der Waals surface area contributed by atoms with Gasteiger partial charge in [-0.3, -0.25) is 5.10 Å². The SMILES string of the molecule is C/C=C(\c1cncnc1)c1nc[nH]n1. The van der Waals surface area contributed by atoms with E-state index in [-0.39, 0.29) is 0 Å². The second kappa shape index (κ2) is 3.78. The van der Waals surface area contributed by atoms with Crippen LogP contribution in [0.5, 0.6) is 0 Å². The summed E-state index contributed by atoms with van der Waals surface area (Å²) in [7, 11) is 0. The molecule has 2 aromatic heterocycles. The summed E-state index contributed by atoms with van der Waals surface area (Å²) in [6.45, 7) is 1.93. The minimum absolute atomic E-state index is 0.655. The van der Waals surface area contributed by atoms with Crippen molar-refractivity contribution in [1.29, 1.82) is 0 Å². The smallest absolute Gasteiger partial charge is 0.181 e. The second-order valence-electron chi connectivity index (χ2n) is 2.65. The van der Waals surface area contributed by atoms with Crippen LogP contribution < -0.4 is 0 Å². The summed E-state index contributed by atoms with van der Waals surface area (Å²) in [5, 5.41) is 6.68. The Morgan fingerprint density at radius 3 is 2.71 bits per heavy atom. The number of nitrogens with one attached hydrogen (secondary N) is 1. The highest BCUT2D eigenvalue weighted by Crippen LogP contribution is 2.17. The standard InChI is InChI=1S/C9H9N5/c1-2-8(9-12-6-13-14-9)7-3-10-5-11-4-7/h2-6H,1H3,(H,12,13,14)/b8-2+. The Labute approximate surface area is 80.9 Å². The molecule has 0 radical (unpaired) electrons. The van der Waals surface area contributed by atoms with Gasteiger partial charge in [0.25, 0.3) is 0 Å². The van der Waals surface area contributed by atoms with E-state index in [1.807, 2.05) is 13.0 Å². The number of hydrogen-bond donors (Lipinski definition) is 1. The molecule has 2 heterocycles. The van der Waals surface area contributed by atoms with Gasteiger partial charge in [-0.25, -0.2) is 15.0 Å². The summed E-state index contributed by atoms with van der Waals surface area (Å²) in [4.78, 5) is 12.0. The van der Waals surface area contributed by atoms with Crippen LogP contribution >= 0.6 is 0 Å². The molecule has 0 aliphatic carbocycles. The highest BCUT2D eigenvalue weighted by atomic mass is 15.2. The highest BCUT2D eigenvalue weighted by molar-refractivity contribution is 5.74. The number of hydrogen-bond acceptors (Lipinski definition) is 4. The van der Waals surface area contributed by atoms with Crippen LogP contribution in [0.3, 0.4) is 0 Å². The number of allylic oxidation sites excluding steroid dienone is 1. The summed E-state index contributed by atoms with van der Waals surface area (Å²) in [6.07, 6.45) is 8.44. The number of aromatic amines is 1. The molecule has 2 aromatic rings. The first-order valence-electron chi connectivity index (χ1n) is 4.19. The average molecular weight is 187 g/mol. The van der Waals surface area contributed by atoms with E-state index < -0.39 is 0 Å². The van der Waals surface area contributed by atoms with Gasteiger partial charge >= 0.3 is 0 Å². The minimum Gasteiger partial charge on any atom is -0.265 e. The number of nitrogens with zero attached hydrogens (tertiary/aromatic N) is 4. The van der Waals surface area contributed by atoms with Crippen LogP contribution in [0.25, 0.3) is 5.57 Å². The molecular formula is C9H9N5. The number of rotatable bonds is 2. The van der Waals surface area contributed by atoms with Gasteiger partial charge in [0, 0.05) is 23.5 Å². The van der Waals surface area contributed by atoms with Crippen molar-refractivity contribution < 1.29 is 0 Å². The van der Waals surface area contributed by atoms with Gasteiger partial charge in [-0.2, -0.15) is 5.10 Å². The molecular weight excluding hydrogens is 178 g/mol. The van der Waals surface area contributed by atoms with Crippen LogP contribution in [-0.4, -0.2) is 25.1 Å². The molecule has 0 atom stereocenters. The zero-order valence-electron chi connectivity index (χ0n) is 7.68. The third-order valence-corrected chi connectivity index (χ3v) is 1.82. The Morgan fingerprint density at radius 1 is 1.36 bits per heavy atom. The third-order valence-electron chi connectivity index (χ3n) is 1.82. The zero-order chi connectivity index (χ0) is 9.80. The van der Waals surface area contributed by atoms with Crippen LogP contribution in [-0.2, 0) is 0 Å². The van der Waals surface area contributed by atoms with E-state index in [0.717, 1.165) is 11.1 Å². The first kappa shape index (κ1) is 8.55. The van der Waals surface area contributed by atoms with E-state index >= 15 is 0 Å². The molecule has 0 aliphatic heterocycles. The van der Waals surface area contributed by atoms with Crippen molar-refractivity contribution in [2.24, 2.45) is 0 Å². The van der Waals surface area contributed by atoms with E-state index in [2.05, 4.69) is 25.1 Å². The van der Waals surface area contributed by atoms with Crippen molar-refractivity contribution in [3.8, 4) is 0 Å². The average Bonchev–Trinajstić information content (AvgIpc) is 2.74. The zero-order valence-corrected chi connectivity index (χ0v) is 7.68. The molecule has 0 saturated carbocycles. The molecule has 1 N–H and O–H groups in total. The molecule has 0 fully saturated rings. The lowest BCUT2D eigenvalue weighted by Gasteiger charge is -2.00. The van der Waals surface area contributed by atoms with Crippen molar-refractivity contribution in [1.82, 2.24) is 25.1 Å². The highest BCUT2D eigenvalue weighted by Gasteiger charge is 2.07. The van der Waals surface area contributed by atoms with Gasteiger partial charge in [-0.15, -0.1) is 0 Å². The molecule has 70 valence electrons. The molecule has 0 amide bonds. The lowest BCUT2D eigenvalue weighted by Crippen LogP contribution is -1.92. The van der Waals surface area contributed by atoms with Crippen LogP contribution in [0.4, 0.5) is 0 Å². The largest absolute Gasteiger partial charge is 0.265 e. The summed E-state index contributed by atoms with van der Waals surface area (Å²) in [6, 6.07) is 0. The Hall–Kier alpha value is -2.04. The Bertz CT molecular complexity index is 418. The Balaban J connectivity index is 2.43. The van der Waals surface area contributed by atoms with E-state index in [9.17, 15) is 0 Å². The van der Waals surface area contributed by atoms with Gasteiger partial charge < -0.3 is 0 Å². The van der Waals surface area contributed by atoms with Gasteiger partial charge in [0.15, 0.2) is 5.82 Å². The third kappa shape index (κ3) is 1.52. The van der Waals surface area contributed by atoms with E-state index in [0.29, 0.717) is 5.82 Å². The topological polar surface area (TPSA) is 67.3 Å². The molecule has 2 rings (SSSR count). The molecule has 0 aromatic carbocycles. The fourth-order valence-electron chi connectivity index (χ4n) is 1.20. The first-order valence-corrected chi connectivity index (χ1v) is 4.19. The minimum atomic E-state index is 0.655. The number of H-pyrrole nitrogens is 1. The van der Waals surface area contributed by atoms with Crippen molar-refractivity contribution in [2.75, 3.05) is 0 Å². The summed E-state index contributed by atoms with van der Waals surface area (Å²) in [5.74, 6) is 0.655. The summed E-state index contributed by atoms with van der Waals surface area (Å²) < 4.78 is 0. The quantitative estimate of drug-likeness (QED) is 0.762. The lowest BCUT2D eigenvalue weighted by molar-refractivity contribution is 1.07. The van der Waals surface area contributed by atoms with Crippen LogP contribution in [0.2, 0.25) is 0 Å². The van der Waals surface area contributed by atoms with Gasteiger partial charge in [-0.05, 0) is 6.92 Å². The normalized spacial score (nSPS) is 11.6. The maximum Gasteiger partial charge on any atom is 0.181 e. The number of aromatic nitrogens is 5. The van der Waals surface area contributed by atoms with Gasteiger partial charge in [0.2, 0.25) is 0 Å². The Morgan fingerprint density at radius 2 is 2.14 bits per heavy atom. The fraction of sp³-hybridized carbons (Fsp3) is 0.111. The predicted octanol–water partition coefficient (Wildman–Crippen LogP) is 1.05. The summed E-state index contributed by atoms with van der Waals surface area (Å²) >= 11 is 0. The monoisotopic (exact) mass is 187 g/mol. The lowest BCUT2D eigenvalue weighted by atomic mass is 10.1. The molecule has 0 spiro atoms. The van der Waals surface area contributed by atoms with Crippen molar-refractivity contribution >= 4 is 5.57 Å². The van der Waals surface area contributed by atoms with Crippen LogP contribution in [0, 0.1) is 0 Å². The molecule has 0 aliphatic rings. The van der Waals surface area contributed by atoms with Gasteiger partial charge in [-0.1, -0.05) is 6.08 Å². The molecule has 5 heteroatoms. The van der Waals surface area contributed by atoms with Gasteiger partial charge in [0.1, 0.15) is 12.7 Å². The van der Waals surface area contributed by atoms with Crippen molar-refractivity contribution in [3.05, 3.63) is 42.5 Å². The van der Waals surface area contributed by atoms with E-state index in [4.69, 9.17) is 0 Å². The van der Waals surface area contributed by atoms with Gasteiger partial charge in [0.05, 0.1) is 0 Å². The molecule has 0 unspecified atom stereocenters. The second-order valence-corrected chi connectivity index (χ2v) is 2.65. The predicted molar refractivity (Wildman–Crippen MR) is 51.2 cm³/mol. The molecule has 0 saturated heterocycles. The van der Waals surface area contributed by atoms with E-state index in [1.165, 1.54) is 6.33 Å². The van der Waals surface area contributed by atoms with Crippen molar-refractivity contribution in [3.63, 3.8) is 0 Å². The van der Waals surface area contributed by atoms with Crippen LogP contribution in [0.15, 0.2) is 31.1 Å². The first-order chi connectivity index (χ1) is 6.92. The molecule has 14 heavy (non-hydrogen) atoms. The fourth-order valence-corrected chi connectivity index (χ4v) is 1.20. The maximum atomic E-state index is 4.07. The molecule has 0 bridgehead atoms. The summed E-state index contributed by atoms with van der Waals surface area (Å²) in [5.41, 5.74) is 1.83. The van der Waals surface area contributed by atoms with Crippen LogP contribution in [0.1, 0.15) is 18.3 Å².